The maximum absolute atomic E-state index is 12.0. The number of amides is 1. The second-order valence-electron chi connectivity index (χ2n) is 4.11. The Balaban J connectivity index is 1.89. The molecule has 0 atom stereocenters. The van der Waals surface area contributed by atoms with E-state index < -0.39 is 0 Å². The Morgan fingerprint density at radius 3 is 2.63 bits per heavy atom. The summed E-state index contributed by atoms with van der Waals surface area (Å²) in [5.41, 5.74) is 1.37. The van der Waals surface area contributed by atoms with Crippen LogP contribution in [0.1, 0.15) is 10.6 Å². The number of carbonyl (C=O) groups is 1. The summed E-state index contributed by atoms with van der Waals surface area (Å²) in [7, 11) is 0. The molecule has 3 nitrogen and oxygen atoms in total. The van der Waals surface area contributed by atoms with E-state index in [4.69, 9.17) is 16.0 Å². The molecule has 4 heteroatoms. The first-order valence-electron chi connectivity index (χ1n) is 5.78. The van der Waals surface area contributed by atoms with E-state index in [0.29, 0.717) is 10.6 Å². The molecule has 0 saturated heterocycles. The Kier molecular flexibility index (Phi) is 2.97. The van der Waals surface area contributed by atoms with Gasteiger partial charge in [-0.25, -0.2) is 0 Å². The van der Waals surface area contributed by atoms with Crippen molar-refractivity contribution in [2.75, 3.05) is 5.32 Å². The summed E-state index contributed by atoms with van der Waals surface area (Å²) in [5, 5.41) is 4.19. The Morgan fingerprint density at radius 1 is 1.05 bits per heavy atom. The van der Waals surface area contributed by atoms with Crippen molar-refractivity contribution >= 4 is 34.2 Å². The lowest BCUT2D eigenvalue weighted by atomic mass is 10.2. The minimum Gasteiger partial charge on any atom is -0.451 e. The van der Waals surface area contributed by atoms with Crippen molar-refractivity contribution < 1.29 is 9.21 Å². The molecule has 0 aliphatic rings. The van der Waals surface area contributed by atoms with Gasteiger partial charge in [-0.05, 0) is 36.4 Å². The lowest BCUT2D eigenvalue weighted by Gasteiger charge is -2.01. The lowest BCUT2D eigenvalue weighted by Crippen LogP contribution is -2.10. The molecule has 0 unspecified atom stereocenters. The maximum Gasteiger partial charge on any atom is 0.291 e. The Labute approximate surface area is 114 Å². The molecular formula is C15H10ClNO2. The van der Waals surface area contributed by atoms with Crippen LogP contribution in [0.25, 0.3) is 11.0 Å². The summed E-state index contributed by atoms with van der Waals surface area (Å²) in [4.78, 5) is 12.0. The van der Waals surface area contributed by atoms with E-state index in [9.17, 15) is 4.79 Å². The van der Waals surface area contributed by atoms with Gasteiger partial charge in [0.1, 0.15) is 5.58 Å². The third kappa shape index (κ3) is 2.46. The largest absolute Gasteiger partial charge is 0.451 e. The van der Waals surface area contributed by atoms with Crippen LogP contribution in [0.15, 0.2) is 59.0 Å². The quantitative estimate of drug-likeness (QED) is 0.753. The van der Waals surface area contributed by atoms with Crippen LogP contribution in [-0.2, 0) is 0 Å². The van der Waals surface area contributed by atoms with E-state index in [1.807, 2.05) is 30.3 Å². The topological polar surface area (TPSA) is 42.2 Å². The van der Waals surface area contributed by atoms with Crippen molar-refractivity contribution in [1.29, 1.82) is 0 Å². The number of anilines is 1. The molecule has 0 fully saturated rings. The summed E-state index contributed by atoms with van der Waals surface area (Å²) in [6.45, 7) is 0. The highest BCUT2D eigenvalue weighted by molar-refractivity contribution is 6.31. The molecule has 19 heavy (non-hydrogen) atoms. The number of nitrogens with one attached hydrogen (secondary N) is 1. The number of hydrogen-bond acceptors (Lipinski definition) is 2. The van der Waals surface area contributed by atoms with Gasteiger partial charge in [-0.15, -0.1) is 0 Å². The first kappa shape index (κ1) is 11.8. The number of halogens is 1. The van der Waals surface area contributed by atoms with Gasteiger partial charge in [0.15, 0.2) is 5.76 Å². The van der Waals surface area contributed by atoms with Gasteiger partial charge in [-0.2, -0.15) is 0 Å². The van der Waals surface area contributed by atoms with Crippen molar-refractivity contribution in [3.05, 3.63) is 65.4 Å². The Hall–Kier alpha value is -2.26. The van der Waals surface area contributed by atoms with Crippen LogP contribution < -0.4 is 5.32 Å². The first-order valence-corrected chi connectivity index (χ1v) is 6.16. The van der Waals surface area contributed by atoms with Gasteiger partial charge >= 0.3 is 0 Å². The molecule has 0 radical (unpaired) electrons. The maximum atomic E-state index is 12.0. The molecule has 94 valence electrons. The highest BCUT2D eigenvalue weighted by atomic mass is 35.5. The smallest absolute Gasteiger partial charge is 0.291 e. The van der Waals surface area contributed by atoms with Crippen LogP contribution in [0, 0.1) is 0 Å². The minimum absolute atomic E-state index is 0.265. The number of fused-ring (bicyclic) bond motifs is 1. The SMILES string of the molecule is O=C(Nc1ccccc1)c1cc2cc(Cl)ccc2o1. The fourth-order valence-electron chi connectivity index (χ4n) is 1.84. The van der Waals surface area contributed by atoms with Gasteiger partial charge in [-0.1, -0.05) is 29.8 Å². The molecule has 0 bridgehead atoms. The monoisotopic (exact) mass is 271 g/mol. The van der Waals surface area contributed by atoms with Crippen LogP contribution in [0.4, 0.5) is 5.69 Å². The number of hydrogen-bond donors (Lipinski definition) is 1. The predicted octanol–water partition coefficient (Wildman–Crippen LogP) is 4.34. The van der Waals surface area contributed by atoms with E-state index in [0.717, 1.165) is 11.1 Å². The van der Waals surface area contributed by atoms with Crippen molar-refractivity contribution in [1.82, 2.24) is 0 Å². The van der Waals surface area contributed by atoms with Crippen molar-refractivity contribution in [3.8, 4) is 0 Å². The second kappa shape index (κ2) is 4.78. The normalized spacial score (nSPS) is 10.6. The molecule has 0 spiro atoms. The molecule has 1 amide bonds. The van der Waals surface area contributed by atoms with Crippen molar-refractivity contribution in [3.63, 3.8) is 0 Å². The fourth-order valence-corrected chi connectivity index (χ4v) is 2.02. The summed E-state index contributed by atoms with van der Waals surface area (Å²) in [6, 6.07) is 16.2. The van der Waals surface area contributed by atoms with Crippen molar-refractivity contribution in [2.24, 2.45) is 0 Å². The summed E-state index contributed by atoms with van der Waals surface area (Å²) in [6.07, 6.45) is 0. The number of benzene rings is 2. The Morgan fingerprint density at radius 2 is 1.84 bits per heavy atom. The summed E-state index contributed by atoms with van der Waals surface area (Å²) < 4.78 is 5.49. The second-order valence-corrected chi connectivity index (χ2v) is 4.55. The molecule has 1 N–H and O–H groups in total. The van der Waals surface area contributed by atoms with Crippen LogP contribution in [-0.4, -0.2) is 5.91 Å². The average Bonchev–Trinajstić information content (AvgIpc) is 2.83. The molecular weight excluding hydrogens is 262 g/mol. The highest BCUT2D eigenvalue weighted by Crippen LogP contribution is 2.23. The van der Waals surface area contributed by atoms with Crippen LogP contribution in [0.2, 0.25) is 5.02 Å². The van der Waals surface area contributed by atoms with E-state index in [1.165, 1.54) is 0 Å². The first-order chi connectivity index (χ1) is 9.22. The third-order valence-corrected chi connectivity index (χ3v) is 2.97. The Bertz CT molecular complexity index is 734. The molecule has 0 saturated carbocycles. The number of carbonyl (C=O) groups excluding carboxylic acids is 1. The standard InChI is InChI=1S/C15H10ClNO2/c16-11-6-7-13-10(8-11)9-14(19-13)15(18)17-12-4-2-1-3-5-12/h1-9H,(H,17,18). The van der Waals surface area contributed by atoms with Gasteiger partial charge in [0.25, 0.3) is 5.91 Å². The third-order valence-electron chi connectivity index (χ3n) is 2.73. The zero-order valence-corrected chi connectivity index (χ0v) is 10.6. The van der Waals surface area contributed by atoms with E-state index in [-0.39, 0.29) is 11.7 Å². The molecule has 1 heterocycles. The molecule has 3 aromatic rings. The van der Waals surface area contributed by atoms with Gasteiger partial charge in [-0.3, -0.25) is 4.79 Å². The molecule has 2 aromatic carbocycles. The van der Waals surface area contributed by atoms with E-state index >= 15 is 0 Å². The van der Waals surface area contributed by atoms with Gasteiger partial charge in [0.2, 0.25) is 0 Å². The van der Waals surface area contributed by atoms with Gasteiger partial charge < -0.3 is 9.73 Å². The van der Waals surface area contributed by atoms with Gasteiger partial charge in [0, 0.05) is 16.1 Å². The minimum atomic E-state index is -0.279. The van der Waals surface area contributed by atoms with Gasteiger partial charge in [0.05, 0.1) is 0 Å². The summed E-state index contributed by atoms with van der Waals surface area (Å²) in [5.74, 6) is -0.0142. The van der Waals surface area contributed by atoms with Crippen LogP contribution in [0.5, 0.6) is 0 Å². The fraction of sp³-hybridized carbons (Fsp3) is 0. The molecule has 0 aliphatic carbocycles. The van der Waals surface area contributed by atoms with E-state index in [1.54, 1.807) is 24.3 Å². The molecule has 1 aromatic heterocycles. The lowest BCUT2D eigenvalue weighted by molar-refractivity contribution is 0.0998. The summed E-state index contributed by atoms with van der Waals surface area (Å²) >= 11 is 5.90. The predicted molar refractivity (Wildman–Crippen MR) is 75.6 cm³/mol. The number of furan rings is 1. The van der Waals surface area contributed by atoms with E-state index in [2.05, 4.69) is 5.32 Å². The van der Waals surface area contributed by atoms with Crippen molar-refractivity contribution in [2.45, 2.75) is 0 Å². The number of para-hydroxylation sites is 1. The van der Waals surface area contributed by atoms with Crippen LogP contribution >= 0.6 is 11.6 Å². The zero-order valence-electron chi connectivity index (χ0n) is 9.89. The highest BCUT2D eigenvalue weighted by Gasteiger charge is 2.12. The molecule has 3 rings (SSSR count). The van der Waals surface area contributed by atoms with Crippen LogP contribution in [0.3, 0.4) is 0 Å². The zero-order chi connectivity index (χ0) is 13.2. The average molecular weight is 272 g/mol. The molecule has 0 aliphatic heterocycles. The number of rotatable bonds is 2.